The van der Waals surface area contributed by atoms with Crippen LogP contribution in [0.1, 0.15) is 37.6 Å². The highest BCUT2D eigenvalue weighted by molar-refractivity contribution is 5.97. The lowest BCUT2D eigenvalue weighted by atomic mass is 9.79. The molecule has 7 nitrogen and oxygen atoms in total. The average Bonchev–Trinajstić information content (AvgIpc) is 2.63. The van der Waals surface area contributed by atoms with E-state index in [1.54, 1.807) is 4.57 Å². The van der Waals surface area contributed by atoms with Crippen molar-refractivity contribution in [1.29, 1.82) is 0 Å². The number of hydrogen-bond donors (Lipinski definition) is 2. The quantitative estimate of drug-likeness (QED) is 0.831. The molecule has 1 unspecified atom stereocenters. The van der Waals surface area contributed by atoms with Gasteiger partial charge in [0.05, 0.1) is 18.0 Å². The van der Waals surface area contributed by atoms with E-state index < -0.39 is 22.8 Å². The van der Waals surface area contributed by atoms with Crippen molar-refractivity contribution in [2.24, 2.45) is 11.1 Å². The van der Waals surface area contributed by atoms with E-state index in [0.29, 0.717) is 31.6 Å². The molecule has 28 heavy (non-hydrogen) atoms. The number of methoxy groups -OCH3 is 1. The van der Waals surface area contributed by atoms with Crippen LogP contribution in [0.15, 0.2) is 17.1 Å². The van der Waals surface area contributed by atoms with Crippen molar-refractivity contribution in [2.45, 2.75) is 39.8 Å². The van der Waals surface area contributed by atoms with E-state index in [-0.39, 0.29) is 28.3 Å². The second kappa shape index (κ2) is 7.09. The first kappa shape index (κ1) is 20.1. The standard InChI is InChI=1S/C20H26FN3O4/c1-5-23-9-12(19(26)27)17(25)11-8-13(21)16(18(28-4)15(11)23)24-7-6-14(22)20(2,3)10-24/h8-9,14H,5-7,10,22H2,1-4H3,(H,26,27). The van der Waals surface area contributed by atoms with E-state index in [4.69, 9.17) is 10.5 Å². The van der Waals surface area contributed by atoms with Gasteiger partial charge in [-0.1, -0.05) is 13.8 Å². The van der Waals surface area contributed by atoms with Gasteiger partial charge in [-0.25, -0.2) is 9.18 Å². The number of piperidine rings is 1. The van der Waals surface area contributed by atoms with Crippen LogP contribution in [0.2, 0.25) is 0 Å². The van der Waals surface area contributed by atoms with Gasteiger partial charge in [-0.15, -0.1) is 0 Å². The molecule has 0 amide bonds. The van der Waals surface area contributed by atoms with Crippen molar-refractivity contribution in [3.05, 3.63) is 33.9 Å². The molecule has 1 aromatic heterocycles. The van der Waals surface area contributed by atoms with Crippen LogP contribution in [-0.4, -0.2) is 41.9 Å². The molecule has 152 valence electrons. The summed E-state index contributed by atoms with van der Waals surface area (Å²) >= 11 is 0. The Morgan fingerprint density at radius 2 is 2.14 bits per heavy atom. The van der Waals surface area contributed by atoms with Gasteiger partial charge in [0, 0.05) is 31.9 Å². The summed E-state index contributed by atoms with van der Waals surface area (Å²) in [5, 5.41) is 9.32. The fraction of sp³-hybridized carbons (Fsp3) is 0.500. The smallest absolute Gasteiger partial charge is 0.341 e. The fourth-order valence-corrected chi connectivity index (χ4v) is 3.94. The van der Waals surface area contributed by atoms with E-state index in [1.165, 1.54) is 13.3 Å². The lowest BCUT2D eigenvalue weighted by Crippen LogP contribution is -2.52. The highest BCUT2D eigenvalue weighted by atomic mass is 19.1. The Balaban J connectivity index is 2.32. The summed E-state index contributed by atoms with van der Waals surface area (Å²) in [5.41, 5.74) is 5.54. The van der Waals surface area contributed by atoms with Gasteiger partial charge in [-0.2, -0.15) is 0 Å². The summed E-state index contributed by atoms with van der Waals surface area (Å²) in [7, 11) is 1.42. The van der Waals surface area contributed by atoms with Gasteiger partial charge in [-0.3, -0.25) is 4.79 Å². The second-order valence-electron chi connectivity index (χ2n) is 7.90. The molecule has 8 heteroatoms. The molecule has 1 fully saturated rings. The Labute approximate surface area is 162 Å². The zero-order valence-electron chi connectivity index (χ0n) is 16.6. The first-order chi connectivity index (χ1) is 13.1. The van der Waals surface area contributed by atoms with Crippen LogP contribution in [-0.2, 0) is 6.54 Å². The molecular formula is C20H26FN3O4. The lowest BCUT2D eigenvalue weighted by Gasteiger charge is -2.44. The molecule has 1 saturated heterocycles. The molecular weight excluding hydrogens is 365 g/mol. The zero-order chi connectivity index (χ0) is 20.8. The van der Waals surface area contributed by atoms with E-state index in [9.17, 15) is 14.7 Å². The number of carboxylic acids is 1. The predicted octanol–water partition coefficient (Wildman–Crippen LogP) is 2.43. The molecule has 2 heterocycles. The van der Waals surface area contributed by atoms with E-state index in [1.807, 2.05) is 25.7 Å². The molecule has 1 aromatic carbocycles. The normalized spacial score (nSPS) is 19.1. The van der Waals surface area contributed by atoms with Gasteiger partial charge in [0.1, 0.15) is 11.3 Å². The van der Waals surface area contributed by atoms with Crippen molar-refractivity contribution in [2.75, 3.05) is 25.1 Å². The molecule has 0 radical (unpaired) electrons. The third-order valence-electron chi connectivity index (χ3n) is 5.65. The summed E-state index contributed by atoms with van der Waals surface area (Å²) in [4.78, 5) is 26.0. The molecule has 1 atom stereocenters. The monoisotopic (exact) mass is 391 g/mol. The highest BCUT2D eigenvalue weighted by Gasteiger charge is 2.36. The number of aromatic nitrogens is 1. The Morgan fingerprint density at radius 1 is 1.46 bits per heavy atom. The first-order valence-corrected chi connectivity index (χ1v) is 9.29. The largest absolute Gasteiger partial charge is 0.492 e. The Morgan fingerprint density at radius 3 is 2.68 bits per heavy atom. The van der Waals surface area contributed by atoms with Crippen LogP contribution in [0.25, 0.3) is 10.9 Å². The van der Waals surface area contributed by atoms with E-state index in [2.05, 4.69) is 0 Å². The molecule has 0 spiro atoms. The van der Waals surface area contributed by atoms with Gasteiger partial charge in [-0.05, 0) is 24.8 Å². The third kappa shape index (κ3) is 3.11. The van der Waals surface area contributed by atoms with Crippen LogP contribution in [0.4, 0.5) is 10.1 Å². The van der Waals surface area contributed by atoms with Gasteiger partial charge in [0.2, 0.25) is 5.43 Å². The first-order valence-electron chi connectivity index (χ1n) is 9.29. The molecule has 0 aliphatic carbocycles. The number of nitrogens with zero attached hydrogens (tertiary/aromatic N) is 2. The number of carboxylic acid groups (broad SMARTS) is 1. The van der Waals surface area contributed by atoms with Gasteiger partial charge < -0.3 is 25.0 Å². The Bertz CT molecular complexity index is 999. The number of halogens is 1. The number of benzene rings is 1. The lowest BCUT2D eigenvalue weighted by molar-refractivity contribution is 0.0695. The van der Waals surface area contributed by atoms with Crippen LogP contribution >= 0.6 is 0 Å². The second-order valence-corrected chi connectivity index (χ2v) is 7.90. The van der Waals surface area contributed by atoms with Gasteiger partial charge in [0.25, 0.3) is 0 Å². The summed E-state index contributed by atoms with van der Waals surface area (Å²) in [6.07, 6.45) is 1.99. The maximum absolute atomic E-state index is 15.2. The number of rotatable bonds is 4. The van der Waals surface area contributed by atoms with Gasteiger partial charge >= 0.3 is 5.97 Å². The number of ether oxygens (including phenoxy) is 1. The van der Waals surface area contributed by atoms with Crippen molar-refractivity contribution in [1.82, 2.24) is 4.57 Å². The summed E-state index contributed by atoms with van der Waals surface area (Å²) < 4.78 is 22.4. The molecule has 1 aliphatic rings. The van der Waals surface area contributed by atoms with Crippen LogP contribution in [0.5, 0.6) is 5.75 Å². The summed E-state index contributed by atoms with van der Waals surface area (Å²) in [5.74, 6) is -1.72. The number of pyridine rings is 1. The number of aromatic carboxylic acids is 1. The van der Waals surface area contributed by atoms with E-state index in [0.717, 1.165) is 6.07 Å². The minimum Gasteiger partial charge on any atom is -0.492 e. The van der Waals surface area contributed by atoms with Crippen molar-refractivity contribution in [3.8, 4) is 5.75 Å². The van der Waals surface area contributed by atoms with Crippen molar-refractivity contribution in [3.63, 3.8) is 0 Å². The maximum Gasteiger partial charge on any atom is 0.341 e. The zero-order valence-corrected chi connectivity index (χ0v) is 16.6. The molecule has 0 bridgehead atoms. The van der Waals surface area contributed by atoms with Crippen molar-refractivity contribution >= 4 is 22.6 Å². The number of hydrogen-bond acceptors (Lipinski definition) is 5. The molecule has 2 aromatic rings. The average molecular weight is 391 g/mol. The summed E-state index contributed by atoms with van der Waals surface area (Å²) in [6, 6.07) is 1.13. The third-order valence-corrected chi connectivity index (χ3v) is 5.65. The number of anilines is 1. The van der Waals surface area contributed by atoms with Gasteiger partial charge in [0.15, 0.2) is 11.6 Å². The Kier molecular flexibility index (Phi) is 5.10. The number of fused-ring (bicyclic) bond motifs is 1. The maximum atomic E-state index is 15.2. The number of aryl methyl sites for hydroxylation is 1. The minimum atomic E-state index is -1.34. The molecule has 0 saturated carbocycles. The summed E-state index contributed by atoms with van der Waals surface area (Å²) in [6.45, 7) is 7.39. The van der Waals surface area contributed by atoms with Crippen LogP contribution in [0, 0.1) is 11.2 Å². The van der Waals surface area contributed by atoms with Crippen LogP contribution < -0.4 is 20.8 Å². The van der Waals surface area contributed by atoms with Crippen LogP contribution in [0.3, 0.4) is 0 Å². The predicted molar refractivity (Wildman–Crippen MR) is 106 cm³/mol. The Hall–Kier alpha value is -2.61. The number of carbonyl (C=O) groups is 1. The fourth-order valence-electron chi connectivity index (χ4n) is 3.94. The molecule has 3 rings (SSSR count). The highest BCUT2D eigenvalue weighted by Crippen LogP contribution is 2.41. The topological polar surface area (TPSA) is 97.8 Å². The van der Waals surface area contributed by atoms with E-state index >= 15 is 4.39 Å². The molecule has 3 N–H and O–H groups in total. The van der Waals surface area contributed by atoms with Crippen molar-refractivity contribution < 1.29 is 19.0 Å². The number of nitrogens with two attached hydrogens (primary N) is 1. The minimum absolute atomic E-state index is 0.00482. The molecule has 1 aliphatic heterocycles. The SMILES string of the molecule is CCn1cc(C(=O)O)c(=O)c2cc(F)c(N3CCC(N)C(C)(C)C3)c(OC)c21.